The number of urea groups is 1. The van der Waals surface area contributed by atoms with E-state index in [4.69, 9.17) is 0 Å². The third kappa shape index (κ3) is 35.1. The molecule has 2 heterocycles. The van der Waals surface area contributed by atoms with Crippen LogP contribution in [-0.2, 0) is 14.4 Å². The van der Waals surface area contributed by atoms with Gasteiger partial charge in [0.1, 0.15) is 5.69 Å². The van der Waals surface area contributed by atoms with Crippen LogP contribution in [0.2, 0.25) is 0 Å². The van der Waals surface area contributed by atoms with Crippen molar-refractivity contribution in [3.8, 4) is 5.75 Å². The van der Waals surface area contributed by atoms with Crippen LogP contribution in [0, 0.1) is 0 Å². The summed E-state index contributed by atoms with van der Waals surface area (Å²) in [7, 11) is 0. The molecule has 2 aliphatic heterocycles. The number of ketones is 1. The van der Waals surface area contributed by atoms with Gasteiger partial charge in [-0.15, -0.1) is 5.11 Å². The summed E-state index contributed by atoms with van der Waals surface area (Å²) < 4.78 is 0. The lowest BCUT2D eigenvalue weighted by atomic mass is 9.98. The molecule has 0 saturated carbocycles. The minimum atomic E-state index is -1.52. The fraction of sp³-hybridized carbons (Fsp3) is 0.427. The van der Waals surface area contributed by atoms with Crippen molar-refractivity contribution in [2.24, 2.45) is 30.7 Å². The molecular weight excluding hydrogens is 1780 g/mol. The van der Waals surface area contributed by atoms with E-state index in [1.54, 1.807) is 84.9 Å². The number of benzene rings is 8. The summed E-state index contributed by atoms with van der Waals surface area (Å²) in [5.41, 5.74) is 4.16. The molecule has 1 saturated heterocycles. The lowest BCUT2D eigenvalue weighted by Gasteiger charge is -2.19. The second kappa shape index (κ2) is 59.2. The first-order chi connectivity index (χ1) is 67.6. The molecule has 13 amide bonds. The van der Waals surface area contributed by atoms with Gasteiger partial charge in [0, 0.05) is 101 Å². The van der Waals surface area contributed by atoms with E-state index in [2.05, 4.69) is 191 Å². The van der Waals surface area contributed by atoms with Crippen LogP contribution in [0.1, 0.15) is 215 Å². The van der Waals surface area contributed by atoms with Crippen LogP contribution in [0.25, 0.3) is 10.8 Å². The average Bonchev–Trinajstić information content (AvgIpc) is 0.787. The van der Waals surface area contributed by atoms with Crippen LogP contribution in [-0.4, -0.2) is 280 Å². The molecule has 0 aliphatic carbocycles. The van der Waals surface area contributed by atoms with Crippen molar-refractivity contribution in [3.05, 3.63) is 214 Å². The molecule has 37 heteroatoms. The highest BCUT2D eigenvalue weighted by Gasteiger charge is 2.36. The molecule has 0 bridgehead atoms. The van der Waals surface area contributed by atoms with Crippen LogP contribution in [0.3, 0.4) is 0 Å². The van der Waals surface area contributed by atoms with Crippen LogP contribution < -0.4 is 58.5 Å². The zero-order chi connectivity index (χ0) is 101. The lowest BCUT2D eigenvalue weighted by Crippen LogP contribution is -2.57. The topological polar surface area (TPSA) is 468 Å². The summed E-state index contributed by atoms with van der Waals surface area (Å²) in [4.78, 5) is 179. The van der Waals surface area contributed by atoms with Crippen molar-refractivity contribution < 1.29 is 67.4 Å². The number of carbonyl (C=O) groups excluding carboxylic acids is 13. The second-order valence-corrected chi connectivity index (χ2v) is 33.0. The highest BCUT2D eigenvalue weighted by Crippen LogP contribution is 2.40. The fourth-order valence-electron chi connectivity index (χ4n) is 15.2. The van der Waals surface area contributed by atoms with E-state index in [0.29, 0.717) is 67.0 Å². The summed E-state index contributed by atoms with van der Waals surface area (Å²) in [6, 6.07) is 40.3. The van der Waals surface area contributed by atoms with Crippen molar-refractivity contribution in [1.29, 1.82) is 0 Å². The van der Waals surface area contributed by atoms with E-state index in [1.165, 1.54) is 60.7 Å². The maximum absolute atomic E-state index is 13.3. The maximum Gasteiger partial charge on any atom is 0.328 e. The maximum atomic E-state index is 13.3. The first-order valence-corrected chi connectivity index (χ1v) is 48.5. The van der Waals surface area contributed by atoms with Gasteiger partial charge >= 0.3 is 6.03 Å². The number of hydrogen-bond acceptors (Lipinski definition) is 26. The number of para-hydroxylation sites is 2. The van der Waals surface area contributed by atoms with Gasteiger partial charge in [0.25, 0.3) is 65.0 Å². The van der Waals surface area contributed by atoms with Gasteiger partial charge < -0.3 is 82.4 Å². The number of phenols is 1. The third-order valence-corrected chi connectivity index (χ3v) is 23.7. The highest BCUT2D eigenvalue weighted by atomic mass is 16.3. The van der Waals surface area contributed by atoms with Gasteiger partial charge in [0.2, 0.25) is 17.9 Å². The Hall–Kier alpha value is -14.1. The third-order valence-electron chi connectivity index (χ3n) is 23.7. The summed E-state index contributed by atoms with van der Waals surface area (Å²) in [5, 5.41) is 66.8. The van der Waals surface area contributed by atoms with E-state index in [1.807, 2.05) is 28.8 Å². The number of phenolic OH excluding ortho intramolecular Hbond substituents is 1. The Morgan fingerprint density at radius 1 is 0.314 bits per heavy atom. The number of carbonyl (C=O) groups is 13. The number of imide groups is 2. The molecule has 748 valence electrons. The van der Waals surface area contributed by atoms with E-state index < -0.39 is 53.4 Å². The van der Waals surface area contributed by atoms with Crippen LogP contribution in [0.5, 0.6) is 5.75 Å². The molecule has 8 aromatic carbocycles. The molecule has 10 rings (SSSR count). The van der Waals surface area contributed by atoms with Crippen LogP contribution in [0.4, 0.5) is 44.6 Å². The Morgan fingerprint density at radius 2 is 0.650 bits per heavy atom. The Balaban J connectivity index is 0.000000258. The molecule has 12 N–H and O–H groups in total. The average molecular weight is 1920 g/mol. The molecular formula is C103H137N23O14. The molecule has 1 atom stereocenters. The number of aromatic hydroxyl groups is 1. The van der Waals surface area contributed by atoms with E-state index in [0.717, 1.165) is 156 Å². The Morgan fingerprint density at radius 3 is 1.05 bits per heavy atom. The van der Waals surface area contributed by atoms with Gasteiger partial charge in [-0.3, -0.25) is 68.2 Å². The minimum absolute atomic E-state index is 0.0316. The monoisotopic (exact) mass is 1920 g/mol. The summed E-state index contributed by atoms with van der Waals surface area (Å²) >= 11 is 0. The molecule has 1 unspecified atom stereocenters. The molecule has 2 aliphatic rings. The number of anilines is 3. The summed E-state index contributed by atoms with van der Waals surface area (Å²) in [6.45, 7) is 44.4. The van der Waals surface area contributed by atoms with Crippen molar-refractivity contribution in [3.63, 3.8) is 0 Å². The van der Waals surface area contributed by atoms with Crippen molar-refractivity contribution >= 4 is 127 Å². The molecule has 0 spiro atoms. The number of amides is 13. The van der Waals surface area contributed by atoms with E-state index >= 15 is 0 Å². The number of hydrogen-bond donors (Lipinski definition) is 12. The van der Waals surface area contributed by atoms with Crippen molar-refractivity contribution in [2.45, 2.75) is 134 Å². The molecule has 8 aromatic rings. The molecule has 0 aromatic heterocycles. The number of rotatable bonds is 52. The fourth-order valence-corrected chi connectivity index (χ4v) is 15.2. The molecule has 37 nitrogen and oxygen atoms in total. The second-order valence-electron chi connectivity index (χ2n) is 33.0. The van der Waals surface area contributed by atoms with Gasteiger partial charge in [0.15, 0.2) is 5.75 Å². The van der Waals surface area contributed by atoms with E-state index in [9.17, 15) is 67.4 Å². The van der Waals surface area contributed by atoms with Crippen molar-refractivity contribution in [1.82, 2.24) is 71.9 Å². The zero-order valence-corrected chi connectivity index (χ0v) is 82.6. The predicted molar refractivity (Wildman–Crippen MR) is 544 cm³/mol. The van der Waals surface area contributed by atoms with Gasteiger partial charge in [-0.05, 0) is 271 Å². The largest absolute Gasteiger partial charge is 0.505 e. The number of barbiturate groups is 1. The summed E-state index contributed by atoms with van der Waals surface area (Å²) in [6.07, 6.45) is 4.67. The first-order valence-electron chi connectivity index (χ1n) is 48.5. The van der Waals surface area contributed by atoms with Gasteiger partial charge in [-0.25, -0.2) is 4.79 Å². The number of azo groups is 3. The first kappa shape index (κ1) is 111. The SMILES string of the molecule is CCN(CC)CCCNC(=O)c1cc(N=NC2C(=O)Nc3ccccc3C2=O)cc(C(=O)NCCCN(CC)CC)c1.CCN(CC)CCCNC(=O)c1cc(N=Nc2c(O)c(C(=O)Nc3ccccc3)cc3ccccc23)cc(C(=O)NCCCN(CC)CC)c1.CCN(CC)CCCNC(=O)c1cc(NC(=O)c2ccc(N=NC3C(=O)NC(=O)NC3=O)cc2)cc(C(=O)NCCCN(CC)CC)c1. The molecule has 0 radical (unpaired) electrons. The predicted octanol–water partition coefficient (Wildman–Crippen LogP) is 13.7. The van der Waals surface area contributed by atoms with Crippen molar-refractivity contribution in [2.75, 3.05) is 173 Å². The summed E-state index contributed by atoms with van der Waals surface area (Å²) in [5.74, 6) is -6.27. The lowest BCUT2D eigenvalue weighted by molar-refractivity contribution is -0.132. The number of fused-ring (bicyclic) bond motifs is 2. The van der Waals surface area contributed by atoms with Gasteiger partial charge in [0.05, 0.1) is 28.3 Å². The quantitative estimate of drug-likeness (QED) is 0.00957. The standard InChI is InChI=1S/C39H49N7O4.C33H45N9O6.C31H43N7O4/c1-5-45(6-2)22-14-20-40-37(48)29-24-30(38(49)41-21-15-23-46(7-3)8-4)26-32(25-29)43-44-35-33-19-13-12-16-28(33)27-34(36(35)47)39(50)42-31-17-10-9-11-18-31;1-5-41(6-2)17-9-15-34-28(43)23-19-24(29(44)35-16-10-18-42(7-3)8-4)21-26(20-23)36-30(45)22-11-13-25(14-12-22)39-40-27-31(46)37-33(48)38-32(27)47;1-5-37(6-2)17-11-15-32-29(40)22-19-23(30(41)33-16-12-18-38(7-3)8-4)21-24(20-22)35-36-27-28(39)25-13-9-10-14-26(25)34-31(27)42/h9-13,16-19,24-27,47H,5-8,14-15,20-23H2,1-4H3,(H,40,48)(H,41,49)(H,42,50);11-14,19-21,27H,5-10,15-18H2,1-4H3,(H,34,43)(H,35,44)(H,36,45)(H2,37,38,46,47,48);9-10,13-14,19-21,27H,5-8,11-12,15-18H2,1-4H3,(H,32,40)(H,33,41)(H,34,42). The normalized spacial score (nSPS) is 13.1. The van der Waals surface area contributed by atoms with E-state index in [-0.39, 0.29) is 114 Å². The minimum Gasteiger partial charge on any atom is -0.505 e. The molecule has 1 fully saturated rings. The number of Topliss-reactive ketones (excluding diaryl/α,β-unsaturated/α-hetero) is 1. The van der Waals surface area contributed by atoms with Crippen LogP contribution in [0.15, 0.2) is 194 Å². The molecule has 140 heavy (non-hydrogen) atoms. The number of nitrogens with one attached hydrogen (secondary N) is 11. The highest BCUT2D eigenvalue weighted by molar-refractivity contribution is 6.24. The zero-order valence-electron chi connectivity index (χ0n) is 82.6. The Kier molecular flexibility index (Phi) is 47.0. The Bertz CT molecular complexity index is 5430. The van der Waals surface area contributed by atoms with Crippen LogP contribution >= 0.6 is 0 Å². The Labute approximate surface area is 819 Å². The number of nitrogens with zero attached hydrogens (tertiary/aromatic N) is 12. The van der Waals surface area contributed by atoms with Gasteiger partial charge in [-0.1, -0.05) is 138 Å². The smallest absolute Gasteiger partial charge is 0.328 e. The van der Waals surface area contributed by atoms with Gasteiger partial charge in [-0.2, -0.15) is 25.6 Å².